The minimum absolute atomic E-state index is 0.0758. The van der Waals surface area contributed by atoms with Crippen molar-refractivity contribution in [2.45, 2.75) is 69.2 Å². The molecule has 4 fully saturated rings. The Bertz CT molecular complexity index is 1740. The lowest BCUT2D eigenvalue weighted by molar-refractivity contribution is 0.0283. The largest absolute Gasteiger partial charge is 0.489 e. The first-order valence-corrected chi connectivity index (χ1v) is 14.4. The average Bonchev–Trinajstić information content (AvgIpc) is 3.38. The minimum Gasteiger partial charge on any atom is -0.489 e. The van der Waals surface area contributed by atoms with E-state index in [1.54, 1.807) is 43.0 Å². The van der Waals surface area contributed by atoms with Crippen LogP contribution >= 0.6 is 0 Å². The number of aromatic nitrogens is 5. The van der Waals surface area contributed by atoms with E-state index in [-0.39, 0.29) is 24.4 Å². The number of hydrogen-bond donors (Lipinski definition) is 2. The second-order valence-electron chi connectivity index (χ2n) is 12.6. The van der Waals surface area contributed by atoms with Gasteiger partial charge in [0.25, 0.3) is 5.91 Å². The number of halogens is 1. The summed E-state index contributed by atoms with van der Waals surface area (Å²) in [5, 5.41) is 27.3. The van der Waals surface area contributed by atoms with E-state index in [0.29, 0.717) is 34.0 Å². The van der Waals surface area contributed by atoms with E-state index in [1.165, 1.54) is 24.5 Å². The van der Waals surface area contributed by atoms with Crippen molar-refractivity contribution in [1.29, 1.82) is 5.26 Å². The molecule has 0 radical (unpaired) electrons. The molecule has 220 valence electrons. The number of anilines is 1. The van der Waals surface area contributed by atoms with Crippen LogP contribution < -0.4 is 15.0 Å². The summed E-state index contributed by atoms with van der Waals surface area (Å²) in [6, 6.07) is 7.05. The maximum Gasteiger partial charge on any atom is 0.273 e. The van der Waals surface area contributed by atoms with Gasteiger partial charge in [0.15, 0.2) is 11.5 Å². The lowest BCUT2D eigenvalue weighted by atomic mass is 9.59. The predicted molar refractivity (Wildman–Crippen MR) is 154 cm³/mol. The third-order valence-corrected chi connectivity index (χ3v) is 8.76. The van der Waals surface area contributed by atoms with Crippen LogP contribution in [0.25, 0.3) is 16.8 Å². The molecular formula is C31H31FN8O3. The summed E-state index contributed by atoms with van der Waals surface area (Å²) in [7, 11) is 0. The number of nitrogens with zero attached hydrogens (tertiary/aromatic N) is 7. The van der Waals surface area contributed by atoms with Crippen molar-refractivity contribution in [3.63, 3.8) is 0 Å². The minimum atomic E-state index is -1.03. The number of aliphatic hydroxyl groups is 1. The second kappa shape index (κ2) is 9.98. The summed E-state index contributed by atoms with van der Waals surface area (Å²) in [6.45, 7) is 3.40. The number of piperidine rings is 2. The van der Waals surface area contributed by atoms with E-state index in [9.17, 15) is 19.6 Å². The molecule has 4 atom stereocenters. The number of ether oxygens (including phenoxy) is 1. The fourth-order valence-corrected chi connectivity index (χ4v) is 7.31. The number of pyridine rings is 2. The first-order chi connectivity index (χ1) is 20.6. The lowest BCUT2D eigenvalue weighted by Crippen LogP contribution is -2.69. The molecule has 2 N–H and O–H groups in total. The first kappa shape index (κ1) is 27.2. The average molecular weight is 583 g/mol. The summed E-state index contributed by atoms with van der Waals surface area (Å²) in [5.41, 5.74) is 0.608. The van der Waals surface area contributed by atoms with Gasteiger partial charge < -0.3 is 20.1 Å². The van der Waals surface area contributed by atoms with Crippen molar-refractivity contribution in [2.24, 2.45) is 5.92 Å². The van der Waals surface area contributed by atoms with Gasteiger partial charge >= 0.3 is 0 Å². The van der Waals surface area contributed by atoms with E-state index in [0.717, 1.165) is 37.9 Å². The molecule has 4 aliphatic rings. The van der Waals surface area contributed by atoms with Crippen LogP contribution in [-0.2, 0) is 0 Å². The zero-order valence-corrected chi connectivity index (χ0v) is 23.9. The van der Waals surface area contributed by atoms with E-state index in [1.807, 2.05) is 0 Å². The van der Waals surface area contributed by atoms with Crippen molar-refractivity contribution < 1.29 is 19.0 Å². The molecule has 4 bridgehead atoms. The van der Waals surface area contributed by atoms with Crippen molar-refractivity contribution >= 4 is 17.2 Å². The van der Waals surface area contributed by atoms with Gasteiger partial charge in [-0.05, 0) is 70.1 Å². The highest BCUT2D eigenvalue weighted by Gasteiger charge is 2.55. The molecule has 2 aliphatic heterocycles. The Morgan fingerprint density at radius 2 is 2.00 bits per heavy atom. The SMILES string of the molecule is CC(C)(O)COc1cc(-c2cnc(N3[C@@H]4C[C@@H]5C[C@H]3C[C@@](NC(=O)c3ncccc3F)(C5)C4)cn2)c2c(C#N)cnn2c1. The molecule has 4 aromatic heterocycles. The lowest BCUT2D eigenvalue weighted by Gasteiger charge is -2.61. The number of amides is 1. The second-order valence-corrected chi connectivity index (χ2v) is 12.6. The number of fused-ring (bicyclic) bond motifs is 1. The van der Waals surface area contributed by atoms with E-state index in [4.69, 9.17) is 14.7 Å². The van der Waals surface area contributed by atoms with Gasteiger partial charge in [0.1, 0.15) is 24.2 Å². The standard InChI is InChI=1S/C31H31FN8O3/c1-30(2,42)17-43-22-8-23(28-19(12-33)13-37-39(28)16-22)25-14-36-26(15-35-25)40-20-6-18-7-21(40)11-31(9-18,10-20)38-29(41)27-24(32)4-3-5-34-27/h3-5,8,13-16,18,20-21,42H,6-7,9-11,17H2,1-2H3,(H,38,41)/t18-,20-,21+,31-. The van der Waals surface area contributed by atoms with Crippen LogP contribution in [0.15, 0.2) is 49.2 Å². The topological polar surface area (TPSA) is 142 Å². The normalized spacial score (nSPS) is 24.3. The number of rotatable bonds is 7. The summed E-state index contributed by atoms with van der Waals surface area (Å²) in [4.78, 5) is 28.9. The smallest absolute Gasteiger partial charge is 0.273 e. The molecule has 0 unspecified atom stereocenters. The maximum absolute atomic E-state index is 14.3. The molecule has 2 aliphatic carbocycles. The van der Waals surface area contributed by atoms with Crippen LogP contribution in [0.2, 0.25) is 0 Å². The first-order valence-electron chi connectivity index (χ1n) is 14.4. The summed E-state index contributed by atoms with van der Waals surface area (Å²) >= 11 is 0. The molecule has 6 heterocycles. The Morgan fingerprint density at radius 1 is 1.21 bits per heavy atom. The monoisotopic (exact) mass is 582 g/mol. The van der Waals surface area contributed by atoms with Crippen LogP contribution in [0.4, 0.5) is 10.2 Å². The van der Waals surface area contributed by atoms with E-state index in [2.05, 4.69) is 26.4 Å². The van der Waals surface area contributed by atoms with Gasteiger partial charge in [-0.15, -0.1) is 0 Å². The molecule has 12 heteroatoms. The van der Waals surface area contributed by atoms with Gasteiger partial charge in [-0.2, -0.15) is 10.4 Å². The van der Waals surface area contributed by atoms with Gasteiger partial charge in [0.05, 0.1) is 47.2 Å². The van der Waals surface area contributed by atoms with Crippen LogP contribution in [0.1, 0.15) is 62.0 Å². The molecule has 0 spiro atoms. The van der Waals surface area contributed by atoms with Crippen LogP contribution in [0.3, 0.4) is 0 Å². The zero-order chi connectivity index (χ0) is 29.9. The highest BCUT2D eigenvalue weighted by molar-refractivity contribution is 5.93. The number of nitriles is 1. The molecule has 1 amide bonds. The number of carbonyl (C=O) groups is 1. The van der Waals surface area contributed by atoms with E-state index >= 15 is 0 Å². The fraction of sp³-hybridized carbons (Fsp3) is 0.419. The van der Waals surface area contributed by atoms with Crippen molar-refractivity contribution in [2.75, 3.05) is 11.5 Å². The zero-order valence-electron chi connectivity index (χ0n) is 23.9. The molecule has 2 saturated carbocycles. The maximum atomic E-state index is 14.3. The summed E-state index contributed by atoms with van der Waals surface area (Å²) < 4.78 is 21.7. The quantitative estimate of drug-likeness (QED) is 0.334. The van der Waals surface area contributed by atoms with Crippen LogP contribution in [0, 0.1) is 23.1 Å². The van der Waals surface area contributed by atoms with Gasteiger partial charge in [-0.3, -0.25) is 9.78 Å². The van der Waals surface area contributed by atoms with Gasteiger partial charge in [0, 0.05) is 29.4 Å². The molecular weight excluding hydrogens is 551 g/mol. The third kappa shape index (κ3) is 4.93. The van der Waals surface area contributed by atoms with Gasteiger partial charge in [-0.1, -0.05) is 0 Å². The molecule has 43 heavy (non-hydrogen) atoms. The molecule has 11 nitrogen and oxygen atoms in total. The Balaban J connectivity index is 1.15. The van der Waals surface area contributed by atoms with Gasteiger partial charge in [-0.25, -0.2) is 18.9 Å². The fourth-order valence-electron chi connectivity index (χ4n) is 7.31. The summed E-state index contributed by atoms with van der Waals surface area (Å²) in [6.07, 6.45) is 12.4. The molecule has 2 saturated heterocycles. The number of carbonyl (C=O) groups excluding carboxylic acids is 1. The molecule has 4 aromatic rings. The predicted octanol–water partition coefficient (Wildman–Crippen LogP) is 3.67. The Labute approximate surface area is 247 Å². The van der Waals surface area contributed by atoms with Gasteiger partial charge in [0.2, 0.25) is 0 Å². The Morgan fingerprint density at radius 3 is 2.67 bits per heavy atom. The number of nitrogens with one attached hydrogen (secondary N) is 1. The Hall–Kier alpha value is -4.63. The van der Waals surface area contributed by atoms with Crippen molar-refractivity contribution in [1.82, 2.24) is 29.9 Å². The van der Waals surface area contributed by atoms with Crippen molar-refractivity contribution in [3.05, 3.63) is 66.3 Å². The van der Waals surface area contributed by atoms with Crippen LogP contribution in [-0.4, -0.2) is 65.4 Å². The molecule has 8 rings (SSSR count). The van der Waals surface area contributed by atoms with Crippen LogP contribution in [0.5, 0.6) is 5.75 Å². The highest BCUT2D eigenvalue weighted by atomic mass is 19.1. The van der Waals surface area contributed by atoms with Crippen molar-refractivity contribution in [3.8, 4) is 23.1 Å². The number of hydrogen-bond acceptors (Lipinski definition) is 9. The van der Waals surface area contributed by atoms with E-state index < -0.39 is 22.9 Å². The Kier molecular flexibility index (Phi) is 6.32. The highest BCUT2D eigenvalue weighted by Crippen LogP contribution is 2.52. The molecule has 0 aromatic carbocycles. The summed E-state index contributed by atoms with van der Waals surface area (Å²) in [5.74, 6) is 0.625. The third-order valence-electron chi connectivity index (χ3n) is 8.76.